The topological polar surface area (TPSA) is 32.8 Å². The average molecular weight is 332 g/mol. The average Bonchev–Trinajstić information content (AvgIpc) is 2.92. The first-order valence-electron chi connectivity index (χ1n) is 9.06. The number of benzene rings is 1. The smallest absolute Gasteiger partial charge is 0.231 e. The first-order chi connectivity index (χ1) is 11.6. The van der Waals surface area contributed by atoms with Crippen molar-refractivity contribution in [3.63, 3.8) is 0 Å². The minimum atomic E-state index is -0.236. The third-order valence-electron chi connectivity index (χ3n) is 5.74. The van der Waals surface area contributed by atoms with E-state index in [2.05, 4.69) is 4.90 Å². The van der Waals surface area contributed by atoms with Gasteiger partial charge in [-0.1, -0.05) is 0 Å². The van der Waals surface area contributed by atoms with E-state index in [1.54, 1.807) is 0 Å². The minimum absolute atomic E-state index is 0.0546. The molecule has 0 radical (unpaired) electrons. The molecule has 3 aliphatic rings. The molecule has 5 heteroatoms. The zero-order valence-corrected chi connectivity index (χ0v) is 14.3. The predicted molar refractivity (Wildman–Crippen MR) is 90.8 cm³/mol. The fraction of sp³-hybridized carbons (Fsp3) is 0.632. The molecule has 0 unspecified atom stereocenters. The van der Waals surface area contributed by atoms with Gasteiger partial charge in [0.2, 0.25) is 5.91 Å². The summed E-state index contributed by atoms with van der Waals surface area (Å²) in [4.78, 5) is 16.9. The lowest BCUT2D eigenvalue weighted by Gasteiger charge is -2.41. The van der Waals surface area contributed by atoms with Gasteiger partial charge in [0.25, 0.3) is 0 Å². The molecule has 130 valence electrons. The van der Waals surface area contributed by atoms with E-state index in [4.69, 9.17) is 4.74 Å². The largest absolute Gasteiger partial charge is 0.381 e. The van der Waals surface area contributed by atoms with E-state index in [0.29, 0.717) is 11.6 Å². The van der Waals surface area contributed by atoms with E-state index in [1.807, 2.05) is 17.9 Å². The van der Waals surface area contributed by atoms with Gasteiger partial charge in [0, 0.05) is 44.0 Å². The van der Waals surface area contributed by atoms with Gasteiger partial charge in [-0.25, -0.2) is 4.39 Å². The van der Waals surface area contributed by atoms with Crippen molar-refractivity contribution in [1.29, 1.82) is 0 Å². The molecule has 0 spiro atoms. The van der Waals surface area contributed by atoms with E-state index in [9.17, 15) is 9.18 Å². The number of halogens is 1. The summed E-state index contributed by atoms with van der Waals surface area (Å²) in [6.07, 6.45) is 4.37. The molecule has 1 aromatic carbocycles. The number of carbonyl (C=O) groups excluding carboxylic acids is 1. The normalized spacial score (nSPS) is 23.8. The number of amides is 1. The number of anilines is 1. The van der Waals surface area contributed by atoms with E-state index in [0.717, 1.165) is 63.2 Å². The highest BCUT2D eigenvalue weighted by Crippen LogP contribution is 2.36. The lowest BCUT2D eigenvalue weighted by Crippen LogP contribution is -2.50. The molecule has 3 heterocycles. The van der Waals surface area contributed by atoms with Crippen molar-refractivity contribution in [3.05, 3.63) is 29.1 Å². The van der Waals surface area contributed by atoms with Crippen LogP contribution in [-0.2, 0) is 16.0 Å². The van der Waals surface area contributed by atoms with Gasteiger partial charge in [-0.05, 0) is 50.3 Å². The van der Waals surface area contributed by atoms with E-state index in [1.165, 1.54) is 6.07 Å². The quantitative estimate of drug-likeness (QED) is 0.835. The Bertz CT molecular complexity index is 634. The van der Waals surface area contributed by atoms with Crippen molar-refractivity contribution in [1.82, 2.24) is 4.90 Å². The summed E-state index contributed by atoms with van der Waals surface area (Å²) in [5.41, 5.74) is 2.27. The lowest BCUT2D eigenvalue weighted by atomic mass is 9.98. The molecule has 3 aliphatic heterocycles. The van der Waals surface area contributed by atoms with Gasteiger partial charge < -0.3 is 14.5 Å². The molecular formula is C19H25FN2O2. The van der Waals surface area contributed by atoms with Crippen LogP contribution in [0.15, 0.2) is 12.1 Å². The molecule has 4 rings (SSSR count). The summed E-state index contributed by atoms with van der Waals surface area (Å²) >= 11 is 0. The number of likely N-dealkylation sites (tertiary alicyclic amines) is 1. The summed E-state index contributed by atoms with van der Waals surface area (Å²) in [6.45, 7) is 5.64. The van der Waals surface area contributed by atoms with Gasteiger partial charge in [-0.15, -0.1) is 0 Å². The number of carbonyl (C=O) groups is 1. The molecule has 24 heavy (non-hydrogen) atoms. The van der Waals surface area contributed by atoms with Gasteiger partial charge in [0.05, 0.1) is 12.1 Å². The first-order valence-corrected chi connectivity index (χ1v) is 9.06. The van der Waals surface area contributed by atoms with Gasteiger partial charge >= 0.3 is 0 Å². The molecule has 0 aliphatic carbocycles. The Balaban J connectivity index is 1.47. The highest BCUT2D eigenvalue weighted by molar-refractivity contribution is 6.02. The van der Waals surface area contributed by atoms with Gasteiger partial charge in [-0.3, -0.25) is 4.79 Å². The van der Waals surface area contributed by atoms with Gasteiger partial charge in [-0.2, -0.15) is 0 Å². The van der Waals surface area contributed by atoms with Crippen molar-refractivity contribution in [2.75, 3.05) is 31.2 Å². The fourth-order valence-electron chi connectivity index (χ4n) is 4.47. The number of hydrogen-bond acceptors (Lipinski definition) is 3. The number of aryl methyl sites for hydroxylation is 1. The molecular weight excluding hydrogens is 307 g/mol. The molecule has 1 aromatic rings. The second-order valence-electron chi connectivity index (χ2n) is 7.30. The van der Waals surface area contributed by atoms with Gasteiger partial charge in [0.1, 0.15) is 5.82 Å². The maximum absolute atomic E-state index is 14.2. The summed E-state index contributed by atoms with van der Waals surface area (Å²) < 4.78 is 19.6. The maximum atomic E-state index is 14.2. The van der Waals surface area contributed by atoms with Gasteiger partial charge in [0.15, 0.2) is 0 Å². The monoisotopic (exact) mass is 332 g/mol. The molecule has 1 amide bonds. The Labute approximate surface area is 142 Å². The highest BCUT2D eigenvalue weighted by atomic mass is 19.1. The second kappa shape index (κ2) is 6.45. The van der Waals surface area contributed by atoms with Crippen LogP contribution in [0.2, 0.25) is 0 Å². The third kappa shape index (κ3) is 2.84. The third-order valence-corrected chi connectivity index (χ3v) is 5.74. The number of ether oxygens (including phenoxy) is 1. The minimum Gasteiger partial charge on any atom is -0.381 e. The lowest BCUT2D eigenvalue weighted by molar-refractivity contribution is -0.118. The van der Waals surface area contributed by atoms with Crippen molar-refractivity contribution in [3.8, 4) is 0 Å². The number of rotatable bonds is 2. The van der Waals surface area contributed by atoms with Crippen molar-refractivity contribution in [2.24, 2.45) is 0 Å². The number of fused-ring (bicyclic) bond motifs is 1. The van der Waals surface area contributed by atoms with Crippen LogP contribution in [0.1, 0.15) is 36.8 Å². The summed E-state index contributed by atoms with van der Waals surface area (Å²) in [5, 5.41) is 0. The van der Waals surface area contributed by atoms with Crippen molar-refractivity contribution >= 4 is 11.6 Å². The second-order valence-corrected chi connectivity index (χ2v) is 7.30. The van der Waals surface area contributed by atoms with E-state index >= 15 is 0 Å². The van der Waals surface area contributed by atoms with Crippen LogP contribution >= 0.6 is 0 Å². The molecule has 0 atom stereocenters. The highest BCUT2D eigenvalue weighted by Gasteiger charge is 2.37. The van der Waals surface area contributed by atoms with Crippen LogP contribution in [0.4, 0.5) is 10.1 Å². The Hall–Kier alpha value is -1.46. The number of nitrogens with zero attached hydrogens (tertiary/aromatic N) is 2. The summed E-state index contributed by atoms with van der Waals surface area (Å²) in [5.74, 6) is -0.181. The van der Waals surface area contributed by atoms with Crippen LogP contribution in [0.25, 0.3) is 0 Å². The fourth-order valence-corrected chi connectivity index (χ4v) is 4.47. The molecule has 0 N–H and O–H groups in total. The number of hydrogen-bond donors (Lipinski definition) is 0. The van der Waals surface area contributed by atoms with Crippen molar-refractivity contribution in [2.45, 2.75) is 51.1 Å². The molecule has 2 fully saturated rings. The number of piperidine rings is 1. The Morgan fingerprint density at radius 2 is 1.79 bits per heavy atom. The van der Waals surface area contributed by atoms with Crippen LogP contribution in [0, 0.1) is 12.7 Å². The summed E-state index contributed by atoms with van der Waals surface area (Å²) in [7, 11) is 0. The Morgan fingerprint density at radius 3 is 2.50 bits per heavy atom. The van der Waals surface area contributed by atoms with Crippen LogP contribution < -0.4 is 4.90 Å². The standard InChI is InChI=1S/C19H25FN2O2/c1-13-10-17(20)16-12-19(23)22(18(16)11-13)15-2-6-21(7-3-15)14-4-8-24-9-5-14/h10-11,14-15H,2-9,12H2,1H3. The van der Waals surface area contributed by atoms with Crippen LogP contribution in [0.3, 0.4) is 0 Å². The maximum Gasteiger partial charge on any atom is 0.231 e. The van der Waals surface area contributed by atoms with E-state index in [-0.39, 0.29) is 24.2 Å². The van der Waals surface area contributed by atoms with Crippen LogP contribution in [0.5, 0.6) is 0 Å². The molecule has 2 saturated heterocycles. The zero-order chi connectivity index (χ0) is 16.7. The van der Waals surface area contributed by atoms with Crippen molar-refractivity contribution < 1.29 is 13.9 Å². The summed E-state index contributed by atoms with van der Waals surface area (Å²) in [6, 6.07) is 4.33. The zero-order valence-electron chi connectivity index (χ0n) is 14.3. The Morgan fingerprint density at radius 1 is 1.08 bits per heavy atom. The van der Waals surface area contributed by atoms with Crippen LogP contribution in [-0.4, -0.2) is 49.2 Å². The molecule has 0 aromatic heterocycles. The predicted octanol–water partition coefficient (Wildman–Crippen LogP) is 2.67. The molecule has 4 nitrogen and oxygen atoms in total. The SMILES string of the molecule is Cc1cc(F)c2c(c1)N(C1CCN(C3CCOCC3)CC1)C(=O)C2. The first kappa shape index (κ1) is 16.0. The van der Waals surface area contributed by atoms with E-state index < -0.39 is 0 Å². The molecule has 0 bridgehead atoms. The Kier molecular flexibility index (Phi) is 4.31. The molecule has 0 saturated carbocycles.